The van der Waals surface area contributed by atoms with Gasteiger partial charge in [-0.2, -0.15) is 0 Å². The number of ether oxygens (including phenoxy) is 1. The summed E-state index contributed by atoms with van der Waals surface area (Å²) in [6, 6.07) is 20.3. The molecule has 0 aliphatic carbocycles. The number of carbonyl (C=O) groups is 2. The van der Waals surface area contributed by atoms with E-state index in [1.165, 1.54) is 28.4 Å². The van der Waals surface area contributed by atoms with Crippen LogP contribution in [0.4, 0.5) is 15.8 Å². The van der Waals surface area contributed by atoms with Crippen molar-refractivity contribution >= 4 is 44.7 Å². The molecule has 0 bridgehead atoms. The Hall–Kier alpha value is -4.63. The highest BCUT2D eigenvalue weighted by Crippen LogP contribution is 2.40. The number of thiophene rings is 1. The van der Waals surface area contributed by atoms with Crippen LogP contribution in [-0.4, -0.2) is 21.8 Å². The van der Waals surface area contributed by atoms with Crippen molar-refractivity contribution in [1.82, 2.24) is 9.97 Å². The molecule has 0 spiro atoms. The molecular formula is C27H19FN4O3S. The van der Waals surface area contributed by atoms with Crippen LogP contribution in [0.2, 0.25) is 0 Å². The maximum atomic E-state index is 15.2. The molecule has 3 heterocycles. The van der Waals surface area contributed by atoms with E-state index < -0.39 is 24.1 Å². The molecule has 36 heavy (non-hydrogen) atoms. The van der Waals surface area contributed by atoms with Gasteiger partial charge in [0.2, 0.25) is 11.8 Å². The van der Waals surface area contributed by atoms with Gasteiger partial charge in [0.1, 0.15) is 12.2 Å². The number of carbonyl (C=O) groups excluding carboxylic acids is 2. The first-order valence-corrected chi connectivity index (χ1v) is 11.7. The molecule has 0 fully saturated rings. The topological polar surface area (TPSA) is 98.4 Å². The lowest BCUT2D eigenvalue weighted by molar-refractivity contribution is -0.125. The molecule has 0 atom stereocenters. The zero-order chi connectivity index (χ0) is 25.1. The number of anilines is 2. The van der Waals surface area contributed by atoms with E-state index in [-0.39, 0.29) is 11.4 Å². The highest BCUT2D eigenvalue weighted by atomic mass is 32.1. The van der Waals surface area contributed by atoms with Gasteiger partial charge in [-0.15, -0.1) is 11.3 Å². The summed E-state index contributed by atoms with van der Waals surface area (Å²) in [5.41, 5.74) is 7.68. The smallest absolute Gasteiger partial charge is 0.240 e. The first-order chi connectivity index (χ1) is 17.5. The number of halogens is 1. The first kappa shape index (κ1) is 23.1. The van der Waals surface area contributed by atoms with Crippen molar-refractivity contribution < 1.29 is 18.7 Å². The number of nitrogens with zero attached hydrogens (tertiary/aromatic N) is 3. The van der Waals surface area contributed by atoms with E-state index in [9.17, 15) is 9.59 Å². The number of rotatable bonds is 7. The van der Waals surface area contributed by atoms with Crippen molar-refractivity contribution in [2.24, 2.45) is 5.73 Å². The number of nitrogens with two attached hydrogens (primary N) is 1. The zero-order valence-corrected chi connectivity index (χ0v) is 19.6. The lowest BCUT2D eigenvalue weighted by Gasteiger charge is -2.23. The number of fused-ring (bicyclic) bond motifs is 1. The van der Waals surface area contributed by atoms with Crippen molar-refractivity contribution in [2.75, 3.05) is 4.90 Å². The van der Waals surface area contributed by atoms with Crippen LogP contribution in [0.15, 0.2) is 91.4 Å². The number of aromatic nitrogens is 2. The standard InChI is InChI=1S/C27H19FN4O3S/c28-20-14-19(32(26(34)16-25(29)33)18-4-2-1-3-5-18)6-7-22(20)35-23-10-13-31-21-15-24(36-27(21)23)17-8-11-30-12-9-17/h1-15H,16H2,(H2,29,33). The fourth-order valence-corrected chi connectivity index (χ4v) is 4.80. The summed E-state index contributed by atoms with van der Waals surface area (Å²) in [6.07, 6.45) is 4.53. The van der Waals surface area contributed by atoms with E-state index in [2.05, 4.69) is 9.97 Å². The Bertz CT molecular complexity index is 1560. The van der Waals surface area contributed by atoms with Crippen molar-refractivity contribution in [2.45, 2.75) is 6.42 Å². The molecule has 9 heteroatoms. The number of para-hydroxylation sites is 1. The second kappa shape index (κ2) is 9.93. The van der Waals surface area contributed by atoms with Gasteiger partial charge in [-0.25, -0.2) is 4.39 Å². The van der Waals surface area contributed by atoms with Crippen molar-refractivity contribution in [3.8, 4) is 21.9 Å². The maximum absolute atomic E-state index is 15.2. The van der Waals surface area contributed by atoms with Gasteiger partial charge in [-0.3, -0.25) is 24.5 Å². The zero-order valence-electron chi connectivity index (χ0n) is 18.8. The Labute approximate surface area is 209 Å². The third-order valence-corrected chi connectivity index (χ3v) is 6.51. The van der Waals surface area contributed by atoms with Gasteiger partial charge in [0.25, 0.3) is 0 Å². The monoisotopic (exact) mass is 498 g/mol. The van der Waals surface area contributed by atoms with E-state index in [1.807, 2.05) is 18.2 Å². The summed E-state index contributed by atoms with van der Waals surface area (Å²) in [4.78, 5) is 34.8. The number of amides is 2. The van der Waals surface area contributed by atoms with Crippen LogP contribution in [0.25, 0.3) is 20.7 Å². The van der Waals surface area contributed by atoms with Crippen LogP contribution in [-0.2, 0) is 9.59 Å². The molecule has 5 rings (SSSR count). The Balaban J connectivity index is 1.47. The molecule has 2 N–H and O–H groups in total. The van der Waals surface area contributed by atoms with E-state index in [4.69, 9.17) is 10.5 Å². The van der Waals surface area contributed by atoms with Crippen LogP contribution in [0.3, 0.4) is 0 Å². The van der Waals surface area contributed by atoms with Gasteiger partial charge in [0.15, 0.2) is 11.6 Å². The first-order valence-electron chi connectivity index (χ1n) is 10.9. The Morgan fingerprint density at radius 2 is 1.69 bits per heavy atom. The molecule has 2 amide bonds. The van der Waals surface area contributed by atoms with Gasteiger partial charge in [-0.1, -0.05) is 18.2 Å². The highest BCUT2D eigenvalue weighted by molar-refractivity contribution is 7.22. The summed E-state index contributed by atoms with van der Waals surface area (Å²) < 4.78 is 22.0. The average molecular weight is 499 g/mol. The summed E-state index contributed by atoms with van der Waals surface area (Å²) in [5, 5.41) is 0. The second-order valence-electron chi connectivity index (χ2n) is 7.79. The number of pyridine rings is 2. The van der Waals surface area contributed by atoms with Crippen LogP contribution in [0.1, 0.15) is 6.42 Å². The van der Waals surface area contributed by atoms with Gasteiger partial charge >= 0.3 is 0 Å². The number of benzene rings is 2. The summed E-state index contributed by atoms with van der Waals surface area (Å²) >= 11 is 1.48. The molecule has 178 valence electrons. The van der Waals surface area contributed by atoms with Gasteiger partial charge in [-0.05, 0) is 48.0 Å². The van der Waals surface area contributed by atoms with Crippen molar-refractivity contribution in [3.63, 3.8) is 0 Å². The molecule has 2 aromatic carbocycles. The van der Waals surface area contributed by atoms with E-state index >= 15 is 4.39 Å². The minimum Gasteiger partial charge on any atom is -0.453 e. The molecule has 0 unspecified atom stereocenters. The van der Waals surface area contributed by atoms with Crippen LogP contribution in [0.5, 0.6) is 11.5 Å². The molecule has 0 aliphatic rings. The van der Waals surface area contributed by atoms with Crippen molar-refractivity contribution in [3.05, 3.63) is 97.2 Å². The van der Waals surface area contributed by atoms with E-state index in [1.54, 1.807) is 61.1 Å². The lowest BCUT2D eigenvalue weighted by atomic mass is 10.2. The normalized spacial score (nSPS) is 10.8. The third-order valence-electron chi connectivity index (χ3n) is 5.32. The van der Waals surface area contributed by atoms with Crippen LogP contribution >= 0.6 is 11.3 Å². The van der Waals surface area contributed by atoms with Crippen LogP contribution in [0, 0.1) is 5.82 Å². The largest absolute Gasteiger partial charge is 0.453 e. The number of hydrogen-bond donors (Lipinski definition) is 1. The minimum atomic E-state index is -0.773. The predicted molar refractivity (Wildman–Crippen MR) is 137 cm³/mol. The molecular weight excluding hydrogens is 479 g/mol. The van der Waals surface area contributed by atoms with Gasteiger partial charge in [0.05, 0.1) is 15.9 Å². The fraction of sp³-hybridized carbons (Fsp3) is 0.0370. The molecule has 0 aliphatic heterocycles. The fourth-order valence-electron chi connectivity index (χ4n) is 3.73. The van der Waals surface area contributed by atoms with E-state index in [0.717, 1.165) is 20.7 Å². The molecule has 3 aromatic heterocycles. The molecule has 7 nitrogen and oxygen atoms in total. The maximum Gasteiger partial charge on any atom is 0.240 e. The Morgan fingerprint density at radius 1 is 0.917 bits per heavy atom. The molecule has 0 saturated carbocycles. The SMILES string of the molecule is NC(=O)CC(=O)N(c1ccccc1)c1ccc(Oc2ccnc3cc(-c4ccncc4)sc23)c(F)c1. The average Bonchev–Trinajstić information content (AvgIpc) is 3.32. The number of hydrogen-bond acceptors (Lipinski definition) is 6. The molecule has 0 radical (unpaired) electrons. The summed E-state index contributed by atoms with van der Waals surface area (Å²) in [7, 11) is 0. The quantitative estimate of drug-likeness (QED) is 0.285. The number of primary amides is 1. The molecule has 0 saturated heterocycles. The van der Waals surface area contributed by atoms with Crippen molar-refractivity contribution in [1.29, 1.82) is 0 Å². The Morgan fingerprint density at radius 3 is 2.42 bits per heavy atom. The molecule has 5 aromatic rings. The van der Waals surface area contributed by atoms with Gasteiger partial charge < -0.3 is 10.5 Å². The second-order valence-corrected chi connectivity index (χ2v) is 8.85. The predicted octanol–water partition coefficient (Wildman–Crippen LogP) is 5.83. The summed E-state index contributed by atoms with van der Waals surface area (Å²) in [6.45, 7) is 0. The highest BCUT2D eigenvalue weighted by Gasteiger charge is 2.21. The minimum absolute atomic E-state index is 0.0135. The summed E-state index contributed by atoms with van der Waals surface area (Å²) in [5.74, 6) is -1.57. The van der Waals surface area contributed by atoms with Crippen LogP contribution < -0.4 is 15.4 Å². The lowest BCUT2D eigenvalue weighted by Crippen LogP contribution is -2.30. The third kappa shape index (κ3) is 4.77. The van der Waals surface area contributed by atoms with E-state index in [0.29, 0.717) is 11.4 Å². The Kier molecular flexibility index (Phi) is 6.38. The van der Waals surface area contributed by atoms with Gasteiger partial charge in [0, 0.05) is 41.3 Å².